The van der Waals surface area contributed by atoms with Crippen molar-refractivity contribution in [1.29, 1.82) is 0 Å². The molecule has 0 radical (unpaired) electrons. The number of benzene rings is 2. The van der Waals surface area contributed by atoms with Crippen molar-refractivity contribution >= 4 is 17.4 Å². The second kappa shape index (κ2) is 7.15. The fourth-order valence-corrected chi connectivity index (χ4v) is 4.79. The van der Waals surface area contributed by atoms with E-state index < -0.39 is 0 Å². The van der Waals surface area contributed by atoms with Crippen LogP contribution in [0.2, 0.25) is 0 Å². The molecule has 31 heavy (non-hydrogen) atoms. The van der Waals surface area contributed by atoms with Gasteiger partial charge in [-0.25, -0.2) is 0 Å². The summed E-state index contributed by atoms with van der Waals surface area (Å²) in [6, 6.07) is 11.3. The number of anilines is 1. The number of ketones is 1. The highest BCUT2D eigenvalue weighted by atomic mass is 16.6. The summed E-state index contributed by atoms with van der Waals surface area (Å²) in [5.74, 6) is 1.47. The van der Waals surface area contributed by atoms with Crippen molar-refractivity contribution in [3.8, 4) is 17.2 Å². The molecule has 1 N–H and O–H groups in total. The normalized spacial score (nSPS) is 21.0. The van der Waals surface area contributed by atoms with E-state index in [1.165, 1.54) is 6.92 Å². The Morgan fingerprint density at radius 1 is 1.06 bits per heavy atom. The largest absolute Gasteiger partial charge is 0.486 e. The maximum absolute atomic E-state index is 13.3. The van der Waals surface area contributed by atoms with E-state index in [-0.39, 0.29) is 23.1 Å². The van der Waals surface area contributed by atoms with Crippen LogP contribution in [0.1, 0.15) is 50.7 Å². The van der Waals surface area contributed by atoms with Crippen LogP contribution in [0, 0.1) is 5.41 Å². The predicted octanol–water partition coefficient (Wildman–Crippen LogP) is 4.58. The number of carbonyl (C=O) groups is 2. The van der Waals surface area contributed by atoms with Gasteiger partial charge in [0, 0.05) is 42.3 Å². The summed E-state index contributed by atoms with van der Waals surface area (Å²) in [5.41, 5.74) is 4.57. The predicted molar refractivity (Wildman–Crippen MR) is 116 cm³/mol. The van der Waals surface area contributed by atoms with Gasteiger partial charge in [0.05, 0.1) is 0 Å². The van der Waals surface area contributed by atoms with Gasteiger partial charge in [-0.1, -0.05) is 26.0 Å². The SMILES string of the molecule is CC(=O)Oc1ccc([C@@H]2C3=C(CC(C)(C)CC3=O)Nc3cc4c(cc32)OCCO4)cc1. The first kappa shape index (κ1) is 19.7. The van der Waals surface area contributed by atoms with Crippen molar-refractivity contribution in [2.24, 2.45) is 5.41 Å². The maximum atomic E-state index is 13.3. The van der Waals surface area contributed by atoms with Gasteiger partial charge in [-0.2, -0.15) is 0 Å². The minimum atomic E-state index is -0.363. The second-order valence-electron chi connectivity index (χ2n) is 9.14. The summed E-state index contributed by atoms with van der Waals surface area (Å²) in [7, 11) is 0. The quantitative estimate of drug-likeness (QED) is 0.567. The van der Waals surface area contributed by atoms with E-state index in [4.69, 9.17) is 14.2 Å². The molecule has 2 heterocycles. The Balaban J connectivity index is 1.65. The minimum Gasteiger partial charge on any atom is -0.486 e. The number of Topliss-reactive ketones (excluding diaryl/α,β-unsaturated/α-hetero) is 1. The summed E-state index contributed by atoms with van der Waals surface area (Å²) in [5, 5.41) is 3.53. The molecule has 5 rings (SSSR count). The Labute approximate surface area is 181 Å². The number of ether oxygens (including phenoxy) is 3. The number of nitrogens with one attached hydrogen (secondary N) is 1. The Kier molecular flexibility index (Phi) is 4.54. The Morgan fingerprint density at radius 3 is 2.42 bits per heavy atom. The monoisotopic (exact) mass is 419 g/mol. The smallest absolute Gasteiger partial charge is 0.308 e. The van der Waals surface area contributed by atoms with Crippen molar-refractivity contribution in [2.45, 2.75) is 39.5 Å². The summed E-state index contributed by atoms with van der Waals surface area (Å²) in [4.78, 5) is 24.6. The molecule has 2 aromatic carbocycles. The fourth-order valence-electron chi connectivity index (χ4n) is 4.79. The average molecular weight is 419 g/mol. The van der Waals surface area contributed by atoms with Crippen LogP contribution in [-0.2, 0) is 9.59 Å². The fraction of sp³-hybridized carbons (Fsp3) is 0.360. The van der Waals surface area contributed by atoms with Crippen molar-refractivity contribution in [1.82, 2.24) is 0 Å². The van der Waals surface area contributed by atoms with E-state index in [2.05, 4.69) is 19.2 Å². The molecule has 0 fully saturated rings. The first-order valence-corrected chi connectivity index (χ1v) is 10.6. The lowest BCUT2D eigenvalue weighted by Gasteiger charge is -2.40. The van der Waals surface area contributed by atoms with E-state index in [0.717, 1.165) is 34.5 Å². The molecule has 2 aromatic rings. The second-order valence-corrected chi connectivity index (χ2v) is 9.14. The third kappa shape index (κ3) is 3.56. The number of fused-ring (bicyclic) bond motifs is 2. The molecule has 160 valence electrons. The minimum absolute atomic E-state index is 0.0992. The number of hydrogen-bond acceptors (Lipinski definition) is 6. The zero-order chi connectivity index (χ0) is 21.8. The Morgan fingerprint density at radius 2 is 1.74 bits per heavy atom. The van der Waals surface area contributed by atoms with E-state index in [1.54, 1.807) is 12.1 Å². The topological polar surface area (TPSA) is 73.9 Å². The van der Waals surface area contributed by atoms with Crippen LogP contribution in [0.3, 0.4) is 0 Å². The van der Waals surface area contributed by atoms with Crippen LogP contribution in [0.15, 0.2) is 47.7 Å². The van der Waals surface area contributed by atoms with Crippen molar-refractivity contribution in [3.63, 3.8) is 0 Å². The van der Waals surface area contributed by atoms with Gasteiger partial charge in [0.25, 0.3) is 0 Å². The van der Waals surface area contributed by atoms with Crippen molar-refractivity contribution in [2.75, 3.05) is 18.5 Å². The number of esters is 1. The summed E-state index contributed by atoms with van der Waals surface area (Å²) in [6.07, 6.45) is 1.30. The zero-order valence-electron chi connectivity index (χ0n) is 17.9. The number of rotatable bonds is 2. The Hall–Kier alpha value is -3.28. The lowest BCUT2D eigenvalue weighted by molar-refractivity contribution is -0.131. The molecule has 0 saturated heterocycles. The van der Waals surface area contributed by atoms with Gasteiger partial charge >= 0.3 is 5.97 Å². The van der Waals surface area contributed by atoms with Crippen LogP contribution in [0.5, 0.6) is 17.2 Å². The molecule has 0 unspecified atom stereocenters. The molecular formula is C25H25NO5. The first-order valence-electron chi connectivity index (χ1n) is 10.6. The van der Waals surface area contributed by atoms with Crippen molar-refractivity contribution in [3.05, 3.63) is 58.8 Å². The highest BCUT2D eigenvalue weighted by Crippen LogP contribution is 2.51. The molecule has 0 aromatic heterocycles. The molecule has 6 nitrogen and oxygen atoms in total. The molecule has 0 bridgehead atoms. The lowest BCUT2D eigenvalue weighted by atomic mass is 9.68. The maximum Gasteiger partial charge on any atom is 0.308 e. The number of hydrogen-bond donors (Lipinski definition) is 1. The third-order valence-corrected chi connectivity index (χ3v) is 5.99. The molecule has 6 heteroatoms. The van der Waals surface area contributed by atoms with Crippen LogP contribution in [0.4, 0.5) is 5.69 Å². The van der Waals surface area contributed by atoms with Gasteiger partial charge in [-0.05, 0) is 41.2 Å². The van der Waals surface area contributed by atoms with E-state index in [9.17, 15) is 9.59 Å². The Bertz CT molecular complexity index is 1110. The molecule has 1 aliphatic carbocycles. The van der Waals surface area contributed by atoms with Gasteiger partial charge in [-0.3, -0.25) is 9.59 Å². The molecule has 2 aliphatic heterocycles. The van der Waals surface area contributed by atoms with Crippen molar-refractivity contribution < 1.29 is 23.8 Å². The van der Waals surface area contributed by atoms with Crippen LogP contribution >= 0.6 is 0 Å². The average Bonchev–Trinajstić information content (AvgIpc) is 2.70. The molecule has 0 amide bonds. The van der Waals surface area contributed by atoms with Crippen LogP contribution < -0.4 is 19.5 Å². The van der Waals surface area contributed by atoms with E-state index in [1.807, 2.05) is 24.3 Å². The van der Waals surface area contributed by atoms with Gasteiger partial charge in [0.2, 0.25) is 0 Å². The first-order chi connectivity index (χ1) is 14.8. The lowest BCUT2D eigenvalue weighted by Crippen LogP contribution is -2.34. The van der Waals surface area contributed by atoms with Gasteiger partial charge < -0.3 is 19.5 Å². The highest BCUT2D eigenvalue weighted by molar-refractivity contribution is 6.01. The molecular weight excluding hydrogens is 394 g/mol. The van der Waals surface area contributed by atoms with Gasteiger partial charge in [-0.15, -0.1) is 0 Å². The third-order valence-electron chi connectivity index (χ3n) is 5.99. The zero-order valence-corrected chi connectivity index (χ0v) is 17.9. The standard InChI is InChI=1S/C25H25NO5/c1-14(27)31-16-6-4-15(5-7-16)23-17-10-21-22(30-9-8-29-21)11-18(17)26-19-12-25(2,3)13-20(28)24(19)23/h4-7,10-11,23,26H,8-9,12-13H2,1-3H3/t23-/m0/s1. The summed E-state index contributed by atoms with van der Waals surface area (Å²) < 4.78 is 16.8. The van der Waals surface area contributed by atoms with E-state index in [0.29, 0.717) is 36.9 Å². The molecule has 0 spiro atoms. The van der Waals surface area contributed by atoms with Crippen LogP contribution in [0.25, 0.3) is 0 Å². The molecule has 0 saturated carbocycles. The van der Waals surface area contributed by atoms with Crippen LogP contribution in [-0.4, -0.2) is 25.0 Å². The number of carbonyl (C=O) groups excluding carboxylic acids is 2. The number of allylic oxidation sites excluding steroid dienone is 2. The van der Waals surface area contributed by atoms with Gasteiger partial charge in [0.15, 0.2) is 17.3 Å². The summed E-state index contributed by atoms with van der Waals surface area (Å²) in [6.45, 7) is 6.65. The van der Waals surface area contributed by atoms with E-state index >= 15 is 0 Å². The molecule has 1 atom stereocenters. The van der Waals surface area contributed by atoms with Gasteiger partial charge in [0.1, 0.15) is 19.0 Å². The highest BCUT2D eigenvalue weighted by Gasteiger charge is 2.41. The molecule has 3 aliphatic rings. The summed E-state index contributed by atoms with van der Waals surface area (Å²) >= 11 is 0.